The summed E-state index contributed by atoms with van der Waals surface area (Å²) in [5, 5.41) is 17.3. The van der Waals surface area contributed by atoms with Crippen LogP contribution in [-0.2, 0) is 9.53 Å². The van der Waals surface area contributed by atoms with Gasteiger partial charge in [-0.05, 0) is 24.7 Å². The van der Waals surface area contributed by atoms with Crippen molar-refractivity contribution in [2.45, 2.75) is 26.7 Å². The van der Waals surface area contributed by atoms with Gasteiger partial charge in [0.1, 0.15) is 0 Å². The summed E-state index contributed by atoms with van der Waals surface area (Å²) in [7, 11) is 1.31. The smallest absolute Gasteiger partial charge is 0.329 e. The molecule has 0 aliphatic heterocycles. The average molecular weight is 232 g/mol. The van der Waals surface area contributed by atoms with E-state index < -0.39 is 5.97 Å². The van der Waals surface area contributed by atoms with Crippen molar-refractivity contribution in [3.63, 3.8) is 0 Å². The number of aliphatic hydroxyl groups is 2. The summed E-state index contributed by atoms with van der Waals surface area (Å²) < 4.78 is 4.14. The van der Waals surface area contributed by atoms with Gasteiger partial charge in [0.25, 0.3) is 0 Å². The van der Waals surface area contributed by atoms with Crippen molar-refractivity contribution < 1.29 is 19.7 Å². The van der Waals surface area contributed by atoms with E-state index in [9.17, 15) is 4.79 Å². The molecule has 0 bridgehead atoms. The second-order valence-corrected chi connectivity index (χ2v) is 3.88. The third kappa shape index (κ3) is 13.1. The monoisotopic (exact) mass is 232 g/mol. The van der Waals surface area contributed by atoms with Crippen LogP contribution in [0.1, 0.15) is 26.7 Å². The largest absolute Gasteiger partial charge is 0.466 e. The summed E-state index contributed by atoms with van der Waals surface area (Å²) >= 11 is 0. The first kappa shape index (κ1) is 17.5. The van der Waals surface area contributed by atoms with Gasteiger partial charge >= 0.3 is 5.97 Å². The van der Waals surface area contributed by atoms with Gasteiger partial charge in [0, 0.05) is 19.3 Å². The number of carbonyl (C=O) groups excluding carboxylic acids is 1. The summed E-state index contributed by atoms with van der Waals surface area (Å²) in [5.74, 6) is 0.373. The van der Waals surface area contributed by atoms with Crippen molar-refractivity contribution in [2.24, 2.45) is 11.8 Å². The molecule has 0 saturated carbocycles. The van der Waals surface area contributed by atoms with Gasteiger partial charge in [-0.15, -0.1) is 0 Å². The van der Waals surface area contributed by atoms with Crippen molar-refractivity contribution >= 4 is 5.97 Å². The number of rotatable bonds is 6. The van der Waals surface area contributed by atoms with E-state index in [1.807, 2.05) is 13.8 Å². The molecule has 0 saturated heterocycles. The molecule has 2 N–H and O–H groups in total. The quantitative estimate of drug-likeness (QED) is 0.536. The number of aliphatic hydroxyl groups excluding tert-OH is 2. The fourth-order valence-corrected chi connectivity index (χ4v) is 0.835. The van der Waals surface area contributed by atoms with Gasteiger partial charge in [-0.1, -0.05) is 20.4 Å². The topological polar surface area (TPSA) is 66.8 Å². The van der Waals surface area contributed by atoms with Crippen LogP contribution in [0, 0.1) is 11.8 Å². The minimum atomic E-state index is -0.394. The zero-order valence-electron chi connectivity index (χ0n) is 10.5. The van der Waals surface area contributed by atoms with Gasteiger partial charge in [0.15, 0.2) is 0 Å². The number of esters is 1. The number of ether oxygens (including phenoxy) is 1. The molecule has 0 aromatic heterocycles. The fourth-order valence-electron chi connectivity index (χ4n) is 0.835. The summed E-state index contributed by atoms with van der Waals surface area (Å²) in [5.41, 5.74) is 0. The molecule has 0 aliphatic rings. The third-order valence-electron chi connectivity index (χ3n) is 2.14. The van der Waals surface area contributed by atoms with Crippen LogP contribution < -0.4 is 0 Å². The van der Waals surface area contributed by atoms with Crippen molar-refractivity contribution in [3.05, 3.63) is 12.7 Å². The van der Waals surface area contributed by atoms with Crippen LogP contribution in [0.5, 0.6) is 0 Å². The summed E-state index contributed by atoms with van der Waals surface area (Å²) in [4.78, 5) is 9.84. The van der Waals surface area contributed by atoms with E-state index in [1.165, 1.54) is 7.11 Å². The highest BCUT2D eigenvalue weighted by Crippen LogP contribution is 2.10. The molecule has 0 rings (SSSR count). The molecule has 0 fully saturated rings. The SMILES string of the molecule is C=CC(=O)OC.CC(CO)CCC(C)CO. The Morgan fingerprint density at radius 1 is 1.25 bits per heavy atom. The van der Waals surface area contributed by atoms with E-state index in [1.54, 1.807) is 0 Å². The lowest BCUT2D eigenvalue weighted by molar-refractivity contribution is -0.134. The first-order valence-corrected chi connectivity index (χ1v) is 5.43. The van der Waals surface area contributed by atoms with Crippen LogP contribution in [-0.4, -0.2) is 36.5 Å². The predicted molar refractivity (Wildman–Crippen MR) is 63.9 cm³/mol. The maximum absolute atomic E-state index is 9.84. The maximum Gasteiger partial charge on any atom is 0.329 e. The molecular formula is C12H24O4. The van der Waals surface area contributed by atoms with Gasteiger partial charge in [-0.3, -0.25) is 0 Å². The molecule has 0 aliphatic carbocycles. The highest BCUT2D eigenvalue weighted by molar-refractivity contribution is 5.80. The van der Waals surface area contributed by atoms with Crippen LogP contribution >= 0.6 is 0 Å². The van der Waals surface area contributed by atoms with E-state index in [4.69, 9.17) is 10.2 Å². The second kappa shape index (κ2) is 12.2. The minimum absolute atomic E-state index is 0.262. The van der Waals surface area contributed by atoms with Crippen LogP contribution in [0.2, 0.25) is 0 Å². The summed E-state index contributed by atoms with van der Waals surface area (Å²) in [6.45, 7) is 7.72. The molecule has 16 heavy (non-hydrogen) atoms. The molecule has 96 valence electrons. The van der Waals surface area contributed by atoms with Crippen molar-refractivity contribution in [1.29, 1.82) is 0 Å². The third-order valence-corrected chi connectivity index (χ3v) is 2.14. The minimum Gasteiger partial charge on any atom is -0.466 e. The van der Waals surface area contributed by atoms with Crippen LogP contribution in [0.15, 0.2) is 12.7 Å². The zero-order valence-corrected chi connectivity index (χ0v) is 10.5. The first-order valence-electron chi connectivity index (χ1n) is 5.43. The Morgan fingerprint density at radius 2 is 1.62 bits per heavy atom. The lowest BCUT2D eigenvalue weighted by atomic mass is 9.99. The second-order valence-electron chi connectivity index (χ2n) is 3.88. The Kier molecular flexibility index (Phi) is 13.4. The first-order chi connectivity index (χ1) is 7.51. The lowest BCUT2D eigenvalue weighted by Gasteiger charge is -2.10. The number of carbonyl (C=O) groups is 1. The van der Waals surface area contributed by atoms with E-state index in [0.29, 0.717) is 11.8 Å². The van der Waals surface area contributed by atoms with Gasteiger partial charge < -0.3 is 14.9 Å². The maximum atomic E-state index is 9.84. The summed E-state index contributed by atoms with van der Waals surface area (Å²) in [6.07, 6.45) is 3.14. The molecule has 2 atom stereocenters. The molecule has 0 amide bonds. The number of hydrogen-bond donors (Lipinski definition) is 2. The van der Waals surface area contributed by atoms with Gasteiger partial charge in [-0.2, -0.15) is 0 Å². The highest BCUT2D eigenvalue weighted by Gasteiger charge is 2.03. The molecule has 0 aromatic rings. The van der Waals surface area contributed by atoms with E-state index in [-0.39, 0.29) is 13.2 Å². The lowest BCUT2D eigenvalue weighted by Crippen LogP contribution is -2.06. The van der Waals surface area contributed by atoms with Crippen LogP contribution in [0.4, 0.5) is 0 Å². The molecule has 0 aromatic carbocycles. The molecule has 4 nitrogen and oxygen atoms in total. The molecule has 0 radical (unpaired) electrons. The molecule has 0 spiro atoms. The molecular weight excluding hydrogens is 208 g/mol. The van der Waals surface area contributed by atoms with Gasteiger partial charge in [0.2, 0.25) is 0 Å². The standard InChI is InChI=1S/C8H18O2.C4H6O2/c1-7(5-9)3-4-8(2)6-10;1-3-4(5)6-2/h7-10H,3-6H2,1-2H3;3H,1H2,2H3. The van der Waals surface area contributed by atoms with Crippen molar-refractivity contribution in [1.82, 2.24) is 0 Å². The van der Waals surface area contributed by atoms with E-state index in [0.717, 1.165) is 18.9 Å². The highest BCUT2D eigenvalue weighted by atomic mass is 16.5. The van der Waals surface area contributed by atoms with Crippen LogP contribution in [0.3, 0.4) is 0 Å². The Balaban J connectivity index is 0. The predicted octanol–water partition coefficient (Wildman–Crippen LogP) is 1.37. The van der Waals surface area contributed by atoms with Gasteiger partial charge in [-0.25, -0.2) is 4.79 Å². The Bertz CT molecular complexity index is 170. The Hall–Kier alpha value is -0.870. The summed E-state index contributed by atoms with van der Waals surface area (Å²) in [6, 6.07) is 0. The Labute approximate surface area is 97.9 Å². The van der Waals surface area contributed by atoms with Gasteiger partial charge in [0.05, 0.1) is 7.11 Å². The Morgan fingerprint density at radius 3 is 1.75 bits per heavy atom. The molecule has 4 heteroatoms. The molecule has 2 unspecified atom stereocenters. The van der Waals surface area contributed by atoms with E-state index in [2.05, 4.69) is 11.3 Å². The van der Waals surface area contributed by atoms with Crippen LogP contribution in [0.25, 0.3) is 0 Å². The van der Waals surface area contributed by atoms with Crippen molar-refractivity contribution in [2.75, 3.05) is 20.3 Å². The normalized spacial score (nSPS) is 13.1. The zero-order chi connectivity index (χ0) is 13.0. The number of methoxy groups -OCH3 is 1. The number of hydrogen-bond acceptors (Lipinski definition) is 4. The van der Waals surface area contributed by atoms with E-state index >= 15 is 0 Å². The average Bonchev–Trinajstić information content (AvgIpc) is 2.34. The van der Waals surface area contributed by atoms with Crippen molar-refractivity contribution in [3.8, 4) is 0 Å². The molecule has 0 heterocycles. The fraction of sp³-hybridized carbons (Fsp3) is 0.750.